The number of benzene rings is 2. The summed E-state index contributed by atoms with van der Waals surface area (Å²) in [4.78, 5) is 19.1. The maximum absolute atomic E-state index is 13.4. The summed E-state index contributed by atoms with van der Waals surface area (Å²) in [6.07, 6.45) is -1.98. The van der Waals surface area contributed by atoms with Gasteiger partial charge in [-0.3, -0.25) is 4.79 Å². The summed E-state index contributed by atoms with van der Waals surface area (Å²) in [7, 11) is 1.79. The third-order valence-electron chi connectivity index (χ3n) is 8.46. The fourth-order valence-corrected chi connectivity index (χ4v) is 6.95. The van der Waals surface area contributed by atoms with Crippen molar-refractivity contribution in [3.63, 3.8) is 0 Å². The molecule has 13 heteroatoms. The average molecular weight is 646 g/mol. The molecule has 1 aliphatic carbocycles. The lowest BCUT2D eigenvalue weighted by Gasteiger charge is -2.35. The number of nitrogens with one attached hydrogen (secondary N) is 3. The molecular formula is C29H34Cl3F3N6O. The Bertz CT molecular complexity index is 1480. The molecule has 4 heterocycles. The molecule has 1 aromatic heterocycles. The van der Waals surface area contributed by atoms with E-state index in [0.717, 1.165) is 19.4 Å². The number of carbonyl (C=O) groups is 1. The number of alkyl halides is 3. The summed E-state index contributed by atoms with van der Waals surface area (Å²) in [5.41, 5.74) is 2.47. The Hall–Kier alpha value is -2.40. The second kappa shape index (κ2) is 11.9. The number of fused-ring (bicyclic) bond motifs is 2. The van der Waals surface area contributed by atoms with Gasteiger partial charge in [-0.25, -0.2) is 4.98 Å². The molecule has 1 amide bonds. The zero-order chi connectivity index (χ0) is 30.4. The molecule has 2 aromatic carbocycles. The maximum Gasteiger partial charge on any atom is 0.393 e. The van der Waals surface area contributed by atoms with Gasteiger partial charge in [-0.1, -0.05) is 54.7 Å². The molecule has 228 valence electrons. The van der Waals surface area contributed by atoms with Crippen LogP contribution in [0.2, 0.25) is 15.1 Å². The molecule has 1 unspecified atom stereocenters. The first-order valence-corrected chi connectivity index (χ1v) is 15.3. The van der Waals surface area contributed by atoms with E-state index in [0.29, 0.717) is 67.9 Å². The van der Waals surface area contributed by atoms with Gasteiger partial charge >= 0.3 is 6.18 Å². The van der Waals surface area contributed by atoms with Gasteiger partial charge in [-0.15, -0.1) is 0 Å². The van der Waals surface area contributed by atoms with Gasteiger partial charge in [0.1, 0.15) is 0 Å². The van der Waals surface area contributed by atoms with E-state index >= 15 is 0 Å². The van der Waals surface area contributed by atoms with Crippen LogP contribution in [0.4, 0.5) is 30.5 Å². The fraction of sp³-hybridized carbons (Fsp3) is 0.517. The quantitative estimate of drug-likeness (QED) is 0.260. The zero-order valence-corrected chi connectivity index (χ0v) is 25.9. The second-order valence-corrected chi connectivity index (χ2v) is 12.2. The third-order valence-corrected chi connectivity index (χ3v) is 9.51. The summed E-state index contributed by atoms with van der Waals surface area (Å²) in [5.74, 6) is -0.413. The molecule has 3 aromatic rings. The molecule has 0 spiro atoms. The minimum absolute atomic E-state index is 0.0277. The van der Waals surface area contributed by atoms with Gasteiger partial charge in [-0.2, -0.15) is 13.2 Å². The van der Waals surface area contributed by atoms with Gasteiger partial charge in [-0.05, 0) is 61.9 Å². The van der Waals surface area contributed by atoms with Gasteiger partial charge in [0.25, 0.3) is 0 Å². The summed E-state index contributed by atoms with van der Waals surface area (Å²) in [5, 5.41) is 10.6. The standard InChI is InChI=1S/C27H28Cl3F3N6O.C2H6/c1-38-21-8-20(39-6-2-3-16(13-39)27(31,32)33)18(29)7-19(21)36-25(38)37-23-17(28)5-4-15(22(23)30)12-34-24(40)26-9-14(10-26)11-35-26;1-2/h4-5,7-8,14,16,35H,2-3,6,9-13H2,1H3,(H,34,40)(H,36,37);1-2H3. The van der Waals surface area contributed by atoms with Crippen LogP contribution in [0, 0.1) is 11.8 Å². The molecule has 3 aliphatic heterocycles. The largest absolute Gasteiger partial charge is 0.393 e. The van der Waals surface area contributed by atoms with Gasteiger partial charge < -0.3 is 25.4 Å². The lowest BCUT2D eigenvalue weighted by Crippen LogP contribution is -2.55. The van der Waals surface area contributed by atoms with Crippen LogP contribution in [0.15, 0.2) is 24.3 Å². The van der Waals surface area contributed by atoms with Crippen molar-refractivity contribution < 1.29 is 18.0 Å². The number of rotatable bonds is 6. The molecule has 4 aliphatic rings. The molecule has 7 rings (SSSR count). The maximum atomic E-state index is 13.4. The van der Waals surface area contributed by atoms with E-state index in [1.807, 2.05) is 13.8 Å². The van der Waals surface area contributed by atoms with Crippen molar-refractivity contribution in [2.75, 3.05) is 29.9 Å². The molecule has 4 fully saturated rings. The minimum Gasteiger partial charge on any atom is -0.370 e. The lowest BCUT2D eigenvalue weighted by atomic mass is 9.73. The first-order valence-electron chi connectivity index (χ1n) is 14.2. The van der Waals surface area contributed by atoms with Crippen molar-refractivity contribution in [2.24, 2.45) is 18.9 Å². The van der Waals surface area contributed by atoms with E-state index in [2.05, 4.69) is 20.9 Å². The molecule has 1 atom stereocenters. The molecule has 2 bridgehead atoms. The second-order valence-electron chi connectivity index (χ2n) is 11.1. The Kier molecular flexibility index (Phi) is 8.83. The van der Waals surface area contributed by atoms with Crippen LogP contribution in [-0.4, -0.2) is 46.8 Å². The van der Waals surface area contributed by atoms with Crippen LogP contribution in [0.1, 0.15) is 45.1 Å². The van der Waals surface area contributed by atoms with Crippen LogP contribution in [0.25, 0.3) is 11.0 Å². The number of halogens is 6. The molecule has 0 radical (unpaired) electrons. The highest BCUT2D eigenvalue weighted by molar-refractivity contribution is 6.39. The molecule has 3 saturated heterocycles. The average Bonchev–Trinajstić information content (AvgIpc) is 3.65. The van der Waals surface area contributed by atoms with Crippen LogP contribution in [-0.2, 0) is 18.4 Å². The van der Waals surface area contributed by atoms with Crippen LogP contribution < -0.4 is 20.9 Å². The van der Waals surface area contributed by atoms with E-state index in [9.17, 15) is 18.0 Å². The number of aryl methyl sites for hydroxylation is 1. The normalized spacial score (nSPS) is 23.3. The number of hydrogen-bond acceptors (Lipinski definition) is 5. The van der Waals surface area contributed by atoms with E-state index in [1.165, 1.54) is 0 Å². The summed E-state index contributed by atoms with van der Waals surface area (Å²) in [6.45, 7) is 5.48. The van der Waals surface area contributed by atoms with Crippen LogP contribution in [0.3, 0.4) is 0 Å². The Labute approximate surface area is 258 Å². The lowest BCUT2D eigenvalue weighted by molar-refractivity contribution is -0.176. The number of nitrogens with zero attached hydrogens (tertiary/aromatic N) is 3. The van der Waals surface area contributed by atoms with E-state index in [-0.39, 0.29) is 25.4 Å². The highest BCUT2D eigenvalue weighted by Gasteiger charge is 2.55. The zero-order valence-electron chi connectivity index (χ0n) is 23.6. The van der Waals surface area contributed by atoms with E-state index in [1.54, 1.807) is 40.8 Å². The van der Waals surface area contributed by atoms with Crippen molar-refractivity contribution in [2.45, 2.75) is 57.8 Å². The van der Waals surface area contributed by atoms with Crippen molar-refractivity contribution in [3.8, 4) is 0 Å². The van der Waals surface area contributed by atoms with Gasteiger partial charge in [0.2, 0.25) is 11.9 Å². The van der Waals surface area contributed by atoms with E-state index in [4.69, 9.17) is 34.8 Å². The monoisotopic (exact) mass is 644 g/mol. The van der Waals surface area contributed by atoms with Crippen molar-refractivity contribution >= 4 is 69.1 Å². The van der Waals surface area contributed by atoms with Gasteiger partial charge in [0.15, 0.2) is 0 Å². The Balaban J connectivity index is 0.00000173. The Morgan fingerprint density at radius 2 is 1.90 bits per heavy atom. The highest BCUT2D eigenvalue weighted by atomic mass is 35.5. The number of piperidine rings is 1. The number of hydrogen-bond donors (Lipinski definition) is 3. The fourth-order valence-electron chi connectivity index (χ4n) is 6.14. The van der Waals surface area contributed by atoms with Crippen LogP contribution in [0.5, 0.6) is 0 Å². The predicted molar refractivity (Wildman–Crippen MR) is 163 cm³/mol. The molecule has 3 N–H and O–H groups in total. The van der Waals surface area contributed by atoms with Crippen LogP contribution >= 0.6 is 34.8 Å². The molecule has 42 heavy (non-hydrogen) atoms. The molecule has 7 nitrogen and oxygen atoms in total. The number of aromatic nitrogens is 2. The van der Waals surface area contributed by atoms with E-state index < -0.39 is 17.6 Å². The van der Waals surface area contributed by atoms with Crippen molar-refractivity contribution in [3.05, 3.63) is 44.9 Å². The summed E-state index contributed by atoms with van der Waals surface area (Å²) < 4.78 is 42.0. The van der Waals surface area contributed by atoms with Gasteiger partial charge in [0, 0.05) is 26.7 Å². The number of carbonyl (C=O) groups excluding carboxylic acids is 1. The SMILES string of the molecule is CC.Cn1c(Nc2c(Cl)ccc(CNC(=O)C34CC(CN3)C4)c2Cl)nc2cc(Cl)c(N3CCCC(C(F)(F)F)C3)cc21. The van der Waals surface area contributed by atoms with Crippen molar-refractivity contribution in [1.29, 1.82) is 0 Å². The topological polar surface area (TPSA) is 74.2 Å². The summed E-state index contributed by atoms with van der Waals surface area (Å²) >= 11 is 19.8. The first kappa shape index (κ1) is 31.0. The van der Waals surface area contributed by atoms with Gasteiger partial charge in [0.05, 0.1) is 48.9 Å². The number of imidazole rings is 1. The number of amides is 1. The first-order chi connectivity index (χ1) is 19.9. The number of anilines is 3. The molecule has 1 saturated carbocycles. The molecular weight excluding hydrogens is 612 g/mol. The Morgan fingerprint density at radius 1 is 1.17 bits per heavy atom. The minimum atomic E-state index is -4.25. The highest BCUT2D eigenvalue weighted by Crippen LogP contribution is 2.44. The van der Waals surface area contributed by atoms with Crippen molar-refractivity contribution in [1.82, 2.24) is 20.2 Å². The summed E-state index contributed by atoms with van der Waals surface area (Å²) in [6, 6.07) is 6.90. The predicted octanol–water partition coefficient (Wildman–Crippen LogP) is 7.45. The smallest absolute Gasteiger partial charge is 0.370 e. The Morgan fingerprint density at radius 3 is 2.57 bits per heavy atom. The third kappa shape index (κ3) is 5.75.